The summed E-state index contributed by atoms with van der Waals surface area (Å²) in [6.45, 7) is 2.10. The summed E-state index contributed by atoms with van der Waals surface area (Å²) in [5.74, 6) is 0.852. The van der Waals surface area contributed by atoms with Crippen molar-refractivity contribution in [2.45, 2.75) is 13.3 Å². The molecular formula is C15H15ClO. The zero-order chi connectivity index (χ0) is 12.3. The topological polar surface area (TPSA) is 9.23 Å². The van der Waals surface area contributed by atoms with Crippen molar-refractivity contribution in [2.75, 3.05) is 7.11 Å². The summed E-state index contributed by atoms with van der Waals surface area (Å²) in [5.41, 5.74) is 3.47. The van der Waals surface area contributed by atoms with Crippen LogP contribution in [0.2, 0.25) is 5.02 Å². The molecule has 0 saturated carbocycles. The number of allylic oxidation sites excluding steroid dienone is 6. The maximum absolute atomic E-state index is 6.04. The van der Waals surface area contributed by atoms with E-state index in [2.05, 4.69) is 31.2 Å². The van der Waals surface area contributed by atoms with E-state index in [1.54, 1.807) is 7.11 Å². The SMILES string of the molecule is COc1ccc(Cl)cc1C1=CCC=C(C)C=C1. The molecule has 1 aliphatic rings. The van der Waals surface area contributed by atoms with E-state index in [9.17, 15) is 0 Å². The first-order valence-electron chi connectivity index (χ1n) is 5.59. The van der Waals surface area contributed by atoms with Gasteiger partial charge in [-0.05, 0) is 37.1 Å². The van der Waals surface area contributed by atoms with E-state index in [-0.39, 0.29) is 0 Å². The Morgan fingerprint density at radius 1 is 1.18 bits per heavy atom. The lowest BCUT2D eigenvalue weighted by molar-refractivity contribution is 0.413. The maximum Gasteiger partial charge on any atom is 0.126 e. The van der Waals surface area contributed by atoms with Gasteiger partial charge in [0, 0.05) is 10.6 Å². The molecule has 0 bridgehead atoms. The largest absolute Gasteiger partial charge is 0.496 e. The Morgan fingerprint density at radius 2 is 2.00 bits per heavy atom. The zero-order valence-corrected chi connectivity index (χ0v) is 10.8. The summed E-state index contributed by atoms with van der Waals surface area (Å²) < 4.78 is 5.37. The van der Waals surface area contributed by atoms with Gasteiger partial charge >= 0.3 is 0 Å². The Hall–Kier alpha value is -1.47. The van der Waals surface area contributed by atoms with Gasteiger partial charge in [-0.2, -0.15) is 0 Å². The molecule has 1 aliphatic carbocycles. The van der Waals surface area contributed by atoms with Crippen molar-refractivity contribution in [2.24, 2.45) is 0 Å². The van der Waals surface area contributed by atoms with Crippen LogP contribution < -0.4 is 4.74 Å². The minimum absolute atomic E-state index is 0.726. The van der Waals surface area contributed by atoms with Gasteiger partial charge in [0.05, 0.1) is 7.11 Å². The van der Waals surface area contributed by atoms with Crippen molar-refractivity contribution in [3.8, 4) is 5.75 Å². The summed E-state index contributed by atoms with van der Waals surface area (Å²) in [6.07, 6.45) is 9.53. The van der Waals surface area contributed by atoms with Crippen molar-refractivity contribution < 1.29 is 4.74 Å². The Balaban J connectivity index is 2.44. The lowest BCUT2D eigenvalue weighted by Crippen LogP contribution is -1.90. The standard InChI is InChI=1S/C15H15ClO/c1-11-4-3-5-12(7-6-11)14-10-13(16)8-9-15(14)17-2/h4-10H,3H2,1-2H3. The first kappa shape index (κ1) is 12.0. The van der Waals surface area contributed by atoms with Crippen LogP contribution in [0.1, 0.15) is 18.9 Å². The second-order valence-electron chi connectivity index (χ2n) is 4.02. The molecule has 0 spiro atoms. The lowest BCUT2D eigenvalue weighted by atomic mass is 10.0. The fourth-order valence-electron chi connectivity index (χ4n) is 1.83. The molecule has 1 aromatic rings. The van der Waals surface area contributed by atoms with E-state index in [0.29, 0.717) is 0 Å². The number of rotatable bonds is 2. The third-order valence-electron chi connectivity index (χ3n) is 2.78. The summed E-state index contributed by atoms with van der Waals surface area (Å²) in [6, 6.07) is 5.68. The quantitative estimate of drug-likeness (QED) is 0.739. The third-order valence-corrected chi connectivity index (χ3v) is 3.01. The molecule has 2 rings (SSSR count). The molecule has 0 atom stereocenters. The summed E-state index contributed by atoms with van der Waals surface area (Å²) in [7, 11) is 1.68. The monoisotopic (exact) mass is 246 g/mol. The smallest absolute Gasteiger partial charge is 0.126 e. The van der Waals surface area contributed by atoms with Crippen LogP contribution in [0.15, 0.2) is 48.1 Å². The number of ether oxygens (including phenoxy) is 1. The number of hydrogen-bond acceptors (Lipinski definition) is 1. The molecule has 0 aromatic heterocycles. The van der Waals surface area contributed by atoms with Crippen LogP contribution in [-0.2, 0) is 0 Å². The number of hydrogen-bond donors (Lipinski definition) is 0. The highest BCUT2D eigenvalue weighted by Crippen LogP contribution is 2.31. The molecule has 0 unspecified atom stereocenters. The van der Waals surface area contributed by atoms with Gasteiger partial charge in [-0.1, -0.05) is 41.5 Å². The number of benzene rings is 1. The molecule has 0 aliphatic heterocycles. The Morgan fingerprint density at radius 3 is 2.76 bits per heavy atom. The van der Waals surface area contributed by atoms with Crippen LogP contribution in [0.4, 0.5) is 0 Å². The maximum atomic E-state index is 6.04. The average Bonchev–Trinajstić information content (AvgIpc) is 2.54. The summed E-state index contributed by atoms with van der Waals surface area (Å²) in [4.78, 5) is 0. The van der Waals surface area contributed by atoms with Crippen LogP contribution in [0, 0.1) is 0 Å². The number of methoxy groups -OCH3 is 1. The molecule has 0 heterocycles. The van der Waals surface area contributed by atoms with E-state index in [1.807, 2.05) is 18.2 Å². The molecule has 1 aromatic carbocycles. The highest BCUT2D eigenvalue weighted by Gasteiger charge is 2.08. The van der Waals surface area contributed by atoms with Gasteiger partial charge in [-0.3, -0.25) is 0 Å². The first-order valence-corrected chi connectivity index (χ1v) is 5.97. The van der Waals surface area contributed by atoms with Crippen molar-refractivity contribution in [1.82, 2.24) is 0 Å². The molecule has 0 amide bonds. The Kier molecular flexibility index (Phi) is 3.70. The molecule has 1 nitrogen and oxygen atoms in total. The van der Waals surface area contributed by atoms with Gasteiger partial charge in [-0.15, -0.1) is 0 Å². The highest BCUT2D eigenvalue weighted by atomic mass is 35.5. The summed E-state index contributed by atoms with van der Waals surface area (Å²) >= 11 is 6.04. The van der Waals surface area contributed by atoms with Gasteiger partial charge in [0.25, 0.3) is 0 Å². The second kappa shape index (κ2) is 5.24. The van der Waals surface area contributed by atoms with Gasteiger partial charge in [0.2, 0.25) is 0 Å². The molecule has 0 saturated heterocycles. The van der Waals surface area contributed by atoms with Crippen LogP contribution in [0.3, 0.4) is 0 Å². The van der Waals surface area contributed by atoms with Crippen molar-refractivity contribution in [3.63, 3.8) is 0 Å². The highest BCUT2D eigenvalue weighted by molar-refractivity contribution is 6.30. The van der Waals surface area contributed by atoms with Gasteiger partial charge in [0.15, 0.2) is 0 Å². The van der Waals surface area contributed by atoms with E-state index in [1.165, 1.54) is 5.57 Å². The van der Waals surface area contributed by atoms with Crippen LogP contribution in [-0.4, -0.2) is 7.11 Å². The average molecular weight is 247 g/mol. The van der Waals surface area contributed by atoms with E-state index < -0.39 is 0 Å². The number of halogens is 1. The van der Waals surface area contributed by atoms with Crippen LogP contribution in [0.5, 0.6) is 5.75 Å². The molecule has 17 heavy (non-hydrogen) atoms. The fraction of sp³-hybridized carbons (Fsp3) is 0.200. The predicted octanol–water partition coefficient (Wildman–Crippen LogP) is 4.64. The van der Waals surface area contributed by atoms with E-state index in [4.69, 9.17) is 16.3 Å². The fourth-order valence-corrected chi connectivity index (χ4v) is 2.01. The molecule has 0 radical (unpaired) electrons. The van der Waals surface area contributed by atoms with Gasteiger partial charge < -0.3 is 4.74 Å². The lowest BCUT2D eigenvalue weighted by Gasteiger charge is -2.09. The van der Waals surface area contributed by atoms with Crippen molar-refractivity contribution in [3.05, 3.63) is 58.7 Å². The zero-order valence-electron chi connectivity index (χ0n) is 10.0. The van der Waals surface area contributed by atoms with E-state index in [0.717, 1.165) is 28.3 Å². The minimum atomic E-state index is 0.726. The van der Waals surface area contributed by atoms with Crippen molar-refractivity contribution in [1.29, 1.82) is 0 Å². The minimum Gasteiger partial charge on any atom is -0.496 e. The first-order chi connectivity index (χ1) is 8.20. The van der Waals surface area contributed by atoms with Crippen LogP contribution in [0.25, 0.3) is 5.57 Å². The summed E-state index contributed by atoms with van der Waals surface area (Å²) in [5, 5.41) is 0.726. The van der Waals surface area contributed by atoms with Gasteiger partial charge in [0.1, 0.15) is 5.75 Å². The second-order valence-corrected chi connectivity index (χ2v) is 4.46. The van der Waals surface area contributed by atoms with Crippen LogP contribution >= 0.6 is 11.6 Å². The van der Waals surface area contributed by atoms with Gasteiger partial charge in [-0.25, -0.2) is 0 Å². The Labute approximate surface area is 107 Å². The molecule has 88 valence electrons. The van der Waals surface area contributed by atoms with E-state index >= 15 is 0 Å². The molecule has 0 N–H and O–H groups in total. The predicted molar refractivity (Wildman–Crippen MR) is 73.5 cm³/mol. The third kappa shape index (κ3) is 2.80. The molecular weight excluding hydrogens is 232 g/mol. The molecule has 2 heteroatoms. The molecule has 0 fully saturated rings. The normalized spacial score (nSPS) is 15.0. The Bertz CT molecular complexity index is 510. The van der Waals surface area contributed by atoms with Crippen molar-refractivity contribution >= 4 is 17.2 Å².